The number of hydrogen-bond acceptors (Lipinski definition) is 6. The minimum Gasteiger partial charge on any atom is -0.324 e. The van der Waals surface area contributed by atoms with E-state index < -0.39 is 0 Å². The molecule has 9 heteroatoms. The Morgan fingerprint density at radius 2 is 0.714 bits per heavy atom. The number of aromatic amines is 2. The van der Waals surface area contributed by atoms with Crippen LogP contribution in [0.15, 0.2) is 48.5 Å². The molecule has 0 radical (unpaired) electrons. The van der Waals surface area contributed by atoms with E-state index in [1.165, 1.54) is 33.4 Å². The zero-order chi connectivity index (χ0) is 33.2. The van der Waals surface area contributed by atoms with Crippen molar-refractivity contribution in [2.24, 2.45) is 0 Å². The summed E-state index contributed by atoms with van der Waals surface area (Å²) in [6.07, 6.45) is 0. The molecule has 5 heterocycles. The smallest absolute Gasteiger partial charge is 0.324 e. The number of fused-ring (bicyclic) bond motifs is 20. The van der Waals surface area contributed by atoms with Gasteiger partial charge in [0.05, 0.1) is 0 Å². The summed E-state index contributed by atoms with van der Waals surface area (Å²) in [4.78, 5) is 38.4. The number of nitrogens with zero attached hydrogens (tertiary/aromatic N) is 6. The van der Waals surface area contributed by atoms with Gasteiger partial charge in [-0.2, -0.15) is 0 Å². The maximum atomic E-state index is 5.36. The molecule has 0 spiro atoms. The molecule has 0 atom stereocenters. The minimum absolute atomic E-state index is 0. The van der Waals surface area contributed by atoms with Crippen molar-refractivity contribution < 1.29 is 17.1 Å². The van der Waals surface area contributed by atoms with Crippen molar-refractivity contribution in [1.82, 2.24) is 39.9 Å². The van der Waals surface area contributed by atoms with Gasteiger partial charge >= 0.3 is 17.1 Å². The molecule has 244 valence electrons. The summed E-state index contributed by atoms with van der Waals surface area (Å²) in [5.74, 6) is 2.49. The second kappa shape index (κ2) is 10.9. The Bertz CT molecular complexity index is 2770. The van der Waals surface area contributed by atoms with Crippen molar-refractivity contribution in [2.75, 3.05) is 0 Å². The molecule has 2 aliphatic heterocycles. The average Bonchev–Trinajstić information content (AvgIpc) is 3.83. The Kier molecular flexibility index (Phi) is 6.90. The van der Waals surface area contributed by atoms with Gasteiger partial charge in [0.15, 0.2) is 23.3 Å². The van der Waals surface area contributed by atoms with Crippen molar-refractivity contribution >= 4 is 44.1 Å². The SMILES string of the molecule is Cc1c(C)c(C)c2c(c1C)-c1nc-2nc2[nH]c(nc3nc(nc4[nH]c(n1)c1ccccc41)-c1ccccc1-3)c1c(C)c(C)c(C)c(C)c21.[Cu+]. The summed E-state index contributed by atoms with van der Waals surface area (Å²) >= 11 is 0. The number of H-pyrrole nitrogens is 2. The van der Waals surface area contributed by atoms with E-state index in [-0.39, 0.29) is 17.1 Å². The van der Waals surface area contributed by atoms with Gasteiger partial charge in [0.25, 0.3) is 0 Å². The van der Waals surface area contributed by atoms with Gasteiger partial charge in [-0.15, -0.1) is 0 Å². The summed E-state index contributed by atoms with van der Waals surface area (Å²) in [5, 5.41) is 4.02. The van der Waals surface area contributed by atoms with Crippen LogP contribution in [0.25, 0.3) is 89.7 Å². The van der Waals surface area contributed by atoms with Crippen LogP contribution in [0, 0.1) is 55.4 Å². The molecular weight excluding hydrogens is 656 g/mol. The summed E-state index contributed by atoms with van der Waals surface area (Å²) in [7, 11) is 0. The van der Waals surface area contributed by atoms with Gasteiger partial charge in [0, 0.05) is 43.8 Å². The van der Waals surface area contributed by atoms with Crippen LogP contribution >= 0.6 is 0 Å². The van der Waals surface area contributed by atoms with Crippen LogP contribution in [-0.4, -0.2) is 39.9 Å². The summed E-state index contributed by atoms with van der Waals surface area (Å²) in [5.41, 5.74) is 16.4. The standard InChI is InChI=1S/C40H34N8.Cu/c1-17-19(3)23(7)31-29(21(17)5)37-44-35-27-15-11-9-13-25(27)33(42-35)41-34-26-14-10-12-16-28(26)36(43-34)45-38-30-22(6)18(2)20(4)24(8)32(30)40(47-38)48-39(31)46-37;/h9-16H,1-8H3,(H2,41,42,43,44,45,46,47,48);/q;+1. The zero-order valence-electron chi connectivity index (χ0n) is 28.6. The van der Waals surface area contributed by atoms with Crippen LogP contribution in [0.2, 0.25) is 0 Å². The molecule has 0 amide bonds. The minimum atomic E-state index is 0. The van der Waals surface area contributed by atoms with Crippen molar-refractivity contribution in [2.45, 2.75) is 55.4 Å². The van der Waals surface area contributed by atoms with Crippen LogP contribution < -0.4 is 0 Å². The van der Waals surface area contributed by atoms with Crippen LogP contribution in [-0.2, 0) is 17.1 Å². The fourth-order valence-electron chi connectivity index (χ4n) is 7.56. The van der Waals surface area contributed by atoms with E-state index >= 15 is 0 Å². The predicted octanol–water partition coefficient (Wildman–Crippen LogP) is 9.33. The Labute approximate surface area is 294 Å². The molecular formula is C40H34CuN8+. The van der Waals surface area contributed by atoms with Gasteiger partial charge in [-0.25, -0.2) is 29.9 Å². The first kappa shape index (κ1) is 31.1. The van der Waals surface area contributed by atoms with Gasteiger partial charge in [0.1, 0.15) is 22.6 Å². The Hall–Kier alpha value is -5.24. The number of rotatable bonds is 0. The maximum Gasteiger partial charge on any atom is 1.00 e. The molecule has 0 aliphatic carbocycles. The molecule has 3 aromatic heterocycles. The molecule has 0 fully saturated rings. The first-order chi connectivity index (χ1) is 23.1. The van der Waals surface area contributed by atoms with Gasteiger partial charge in [-0.05, 0) is 99.9 Å². The fraction of sp³-hybridized carbons (Fsp3) is 0.200. The Morgan fingerprint density at radius 3 is 1.20 bits per heavy atom. The molecule has 2 aliphatic rings. The predicted molar refractivity (Wildman–Crippen MR) is 194 cm³/mol. The average molecular weight is 690 g/mol. The van der Waals surface area contributed by atoms with Crippen LogP contribution in [0.4, 0.5) is 0 Å². The van der Waals surface area contributed by atoms with Crippen LogP contribution in [0.5, 0.6) is 0 Å². The third kappa shape index (κ3) is 4.28. The van der Waals surface area contributed by atoms with E-state index in [2.05, 4.69) is 89.6 Å². The summed E-state index contributed by atoms with van der Waals surface area (Å²) in [6.45, 7) is 17.4. The zero-order valence-corrected chi connectivity index (χ0v) is 29.5. The van der Waals surface area contributed by atoms with Gasteiger partial charge in [0.2, 0.25) is 0 Å². The molecule has 9 rings (SSSR count). The summed E-state index contributed by atoms with van der Waals surface area (Å²) < 4.78 is 0. The van der Waals surface area contributed by atoms with Gasteiger partial charge in [-0.3, -0.25) is 0 Å². The number of aryl methyl sites for hydroxylation is 2. The Balaban J connectivity index is 0.00000348. The van der Waals surface area contributed by atoms with E-state index in [0.29, 0.717) is 34.6 Å². The molecule has 8 bridgehead atoms. The van der Waals surface area contributed by atoms with Gasteiger partial charge < -0.3 is 9.97 Å². The normalized spacial score (nSPS) is 11.9. The largest absolute Gasteiger partial charge is 1.00 e. The third-order valence-corrected chi connectivity index (χ3v) is 10.9. The molecule has 7 aromatic rings. The molecule has 0 saturated carbocycles. The fourth-order valence-corrected chi connectivity index (χ4v) is 7.56. The van der Waals surface area contributed by atoms with Crippen LogP contribution in [0.3, 0.4) is 0 Å². The molecule has 8 nitrogen and oxygen atoms in total. The molecule has 49 heavy (non-hydrogen) atoms. The molecule has 0 unspecified atom stereocenters. The van der Waals surface area contributed by atoms with E-state index in [1.54, 1.807) is 0 Å². The second-order valence-electron chi connectivity index (χ2n) is 13.2. The monoisotopic (exact) mass is 689 g/mol. The van der Waals surface area contributed by atoms with Crippen molar-refractivity contribution in [3.8, 4) is 45.6 Å². The topological polar surface area (TPSA) is 109 Å². The summed E-state index contributed by atoms with van der Waals surface area (Å²) in [6, 6.07) is 16.3. The van der Waals surface area contributed by atoms with Gasteiger partial charge in [-0.1, -0.05) is 48.5 Å². The molecule has 4 aromatic carbocycles. The second-order valence-corrected chi connectivity index (χ2v) is 13.2. The van der Waals surface area contributed by atoms with Crippen molar-refractivity contribution in [3.63, 3.8) is 0 Å². The number of aromatic nitrogens is 8. The first-order valence-electron chi connectivity index (χ1n) is 16.3. The third-order valence-electron chi connectivity index (χ3n) is 10.9. The molecule has 2 N–H and O–H groups in total. The van der Waals surface area contributed by atoms with E-state index in [0.717, 1.165) is 66.2 Å². The maximum absolute atomic E-state index is 5.36. The van der Waals surface area contributed by atoms with Crippen molar-refractivity contribution in [1.29, 1.82) is 0 Å². The Morgan fingerprint density at radius 1 is 0.367 bits per heavy atom. The quantitative estimate of drug-likeness (QED) is 0.154. The van der Waals surface area contributed by atoms with E-state index in [4.69, 9.17) is 29.9 Å². The molecule has 0 saturated heterocycles. The van der Waals surface area contributed by atoms with Crippen molar-refractivity contribution in [3.05, 3.63) is 93.0 Å². The first-order valence-corrected chi connectivity index (χ1v) is 16.3. The number of hydrogen-bond donors (Lipinski definition) is 2. The van der Waals surface area contributed by atoms with E-state index in [9.17, 15) is 0 Å². The number of benzene rings is 4. The number of nitrogens with one attached hydrogen (secondary N) is 2. The van der Waals surface area contributed by atoms with Crippen LogP contribution in [0.1, 0.15) is 44.5 Å². The van der Waals surface area contributed by atoms with E-state index in [1.807, 2.05) is 24.3 Å².